The van der Waals surface area contributed by atoms with Crippen LogP contribution in [-0.2, 0) is 7.05 Å². The average molecular weight is 343 g/mol. The van der Waals surface area contributed by atoms with Gasteiger partial charge in [-0.1, -0.05) is 0 Å². The zero-order valence-electron chi connectivity index (χ0n) is 12.0. The summed E-state index contributed by atoms with van der Waals surface area (Å²) in [5.74, 6) is 3.42. The summed E-state index contributed by atoms with van der Waals surface area (Å²) in [6.45, 7) is 2.63. The molecule has 0 bridgehead atoms. The lowest BCUT2D eigenvalue weighted by Crippen LogP contribution is -2.33. The second-order valence-electron chi connectivity index (χ2n) is 5.01. The van der Waals surface area contributed by atoms with E-state index in [9.17, 15) is 4.79 Å². The molecule has 3 rings (SSSR count). The number of rotatable bonds is 3. The molecule has 5 nitrogen and oxygen atoms in total. The Morgan fingerprint density at radius 1 is 1.52 bits per heavy atom. The van der Waals surface area contributed by atoms with Gasteiger partial charge in [0.15, 0.2) is 0 Å². The van der Waals surface area contributed by atoms with Crippen LogP contribution in [0.15, 0.2) is 0 Å². The van der Waals surface area contributed by atoms with E-state index in [2.05, 4.69) is 10.4 Å². The second-order valence-corrected chi connectivity index (χ2v) is 8.57. The van der Waals surface area contributed by atoms with Crippen molar-refractivity contribution in [2.75, 3.05) is 29.5 Å². The van der Waals surface area contributed by atoms with Crippen molar-refractivity contribution in [2.24, 2.45) is 7.05 Å². The highest BCUT2D eigenvalue weighted by Gasteiger charge is 2.22. The first-order valence-corrected chi connectivity index (χ1v) is 9.79. The molecule has 2 aromatic rings. The van der Waals surface area contributed by atoms with Gasteiger partial charge in [-0.15, -0.1) is 11.3 Å². The minimum absolute atomic E-state index is 0.0655. The van der Waals surface area contributed by atoms with Crippen molar-refractivity contribution in [3.05, 3.63) is 10.6 Å². The highest BCUT2D eigenvalue weighted by atomic mass is 32.2. The van der Waals surface area contributed by atoms with Gasteiger partial charge in [-0.25, -0.2) is 0 Å². The van der Waals surface area contributed by atoms with E-state index in [0.29, 0.717) is 22.4 Å². The number of hydrogen-bond acceptors (Lipinski definition) is 6. The number of aryl methyl sites for hydroxylation is 2. The molecule has 114 valence electrons. The fraction of sp³-hybridized carbons (Fsp3) is 0.538. The van der Waals surface area contributed by atoms with E-state index in [4.69, 9.17) is 5.73 Å². The zero-order chi connectivity index (χ0) is 15.0. The Morgan fingerprint density at radius 3 is 3.00 bits per heavy atom. The monoisotopic (exact) mass is 342 g/mol. The molecule has 0 aromatic carbocycles. The number of aromatic nitrogens is 2. The van der Waals surface area contributed by atoms with Gasteiger partial charge >= 0.3 is 0 Å². The normalized spacial score (nSPS) is 19.0. The van der Waals surface area contributed by atoms with Crippen molar-refractivity contribution in [1.29, 1.82) is 0 Å². The number of thioether (sulfide) groups is 2. The number of carbonyl (C=O) groups is 1. The van der Waals surface area contributed by atoms with Crippen LogP contribution in [0.5, 0.6) is 0 Å². The molecule has 2 aromatic heterocycles. The maximum absolute atomic E-state index is 12.4. The van der Waals surface area contributed by atoms with Crippen molar-refractivity contribution in [2.45, 2.75) is 12.2 Å². The summed E-state index contributed by atoms with van der Waals surface area (Å²) in [5, 5.41) is 8.79. The number of hydrogen-bond donors (Lipinski definition) is 2. The van der Waals surface area contributed by atoms with Gasteiger partial charge in [0.2, 0.25) is 0 Å². The molecule has 3 N–H and O–H groups in total. The molecule has 1 unspecified atom stereocenters. The lowest BCUT2D eigenvalue weighted by atomic mass is 10.2. The van der Waals surface area contributed by atoms with Crippen LogP contribution < -0.4 is 11.1 Å². The predicted molar refractivity (Wildman–Crippen MR) is 93.6 cm³/mol. The fourth-order valence-corrected chi connectivity index (χ4v) is 6.15. The van der Waals surface area contributed by atoms with Gasteiger partial charge in [-0.3, -0.25) is 9.48 Å². The molecule has 1 aliphatic heterocycles. The van der Waals surface area contributed by atoms with Crippen LogP contribution in [0, 0.1) is 6.92 Å². The number of carbonyl (C=O) groups excluding carboxylic acids is 1. The molecule has 1 aliphatic rings. The maximum atomic E-state index is 12.4. The molecule has 0 aliphatic carbocycles. The van der Waals surface area contributed by atoms with Crippen LogP contribution in [0.3, 0.4) is 0 Å². The molecule has 0 spiro atoms. The molecule has 0 saturated carbocycles. The average Bonchev–Trinajstić information content (AvgIpc) is 2.97. The Hall–Kier alpha value is -0.860. The summed E-state index contributed by atoms with van der Waals surface area (Å²) < 4.78 is 1.79. The largest absolute Gasteiger partial charge is 0.397 e. The third-order valence-corrected chi connectivity index (χ3v) is 7.58. The van der Waals surface area contributed by atoms with Crippen LogP contribution in [-0.4, -0.2) is 44.7 Å². The smallest absolute Gasteiger partial charge is 0.263 e. The summed E-state index contributed by atoms with van der Waals surface area (Å²) >= 11 is 5.31. The number of nitrogen functional groups attached to an aromatic ring is 1. The quantitative estimate of drug-likeness (QED) is 0.894. The van der Waals surface area contributed by atoms with E-state index >= 15 is 0 Å². The number of thiophene rings is 1. The second kappa shape index (κ2) is 6.10. The van der Waals surface area contributed by atoms with Crippen molar-refractivity contribution in [3.63, 3.8) is 0 Å². The van der Waals surface area contributed by atoms with E-state index in [1.807, 2.05) is 37.5 Å². The van der Waals surface area contributed by atoms with Gasteiger partial charge in [-0.2, -0.15) is 28.6 Å². The van der Waals surface area contributed by atoms with Gasteiger partial charge in [0.05, 0.1) is 16.8 Å². The Kier molecular flexibility index (Phi) is 4.37. The van der Waals surface area contributed by atoms with E-state index in [-0.39, 0.29) is 5.91 Å². The zero-order valence-corrected chi connectivity index (χ0v) is 14.5. The van der Waals surface area contributed by atoms with Crippen molar-refractivity contribution >= 4 is 56.7 Å². The number of amides is 1. The first-order chi connectivity index (χ1) is 10.1. The number of nitrogens with two attached hydrogens (primary N) is 1. The highest BCUT2D eigenvalue weighted by Crippen LogP contribution is 2.35. The highest BCUT2D eigenvalue weighted by molar-refractivity contribution is 8.06. The fourth-order valence-electron chi connectivity index (χ4n) is 2.44. The third-order valence-electron chi connectivity index (χ3n) is 3.46. The first kappa shape index (κ1) is 15.1. The first-order valence-electron chi connectivity index (χ1n) is 6.77. The minimum atomic E-state index is -0.0655. The minimum Gasteiger partial charge on any atom is -0.397 e. The third kappa shape index (κ3) is 2.89. The summed E-state index contributed by atoms with van der Waals surface area (Å²) in [5.41, 5.74) is 7.58. The van der Waals surface area contributed by atoms with Crippen LogP contribution in [0.2, 0.25) is 0 Å². The van der Waals surface area contributed by atoms with Gasteiger partial charge in [-0.05, 0) is 6.92 Å². The molecule has 8 heteroatoms. The molecule has 21 heavy (non-hydrogen) atoms. The molecule has 1 fully saturated rings. The lowest BCUT2D eigenvalue weighted by Gasteiger charge is -2.20. The topological polar surface area (TPSA) is 72.9 Å². The maximum Gasteiger partial charge on any atom is 0.263 e. The SMILES string of the molecule is Cc1nn(C)c2sc(C(=O)NCC3CSCCS3)c(N)c12. The van der Waals surface area contributed by atoms with Crippen LogP contribution in [0.1, 0.15) is 15.4 Å². The predicted octanol–water partition coefficient (Wildman–Crippen LogP) is 2.10. The molecular weight excluding hydrogens is 324 g/mol. The Bertz CT molecular complexity index is 673. The summed E-state index contributed by atoms with van der Waals surface area (Å²) in [4.78, 5) is 13.9. The van der Waals surface area contributed by atoms with Gasteiger partial charge < -0.3 is 11.1 Å². The van der Waals surface area contributed by atoms with Crippen molar-refractivity contribution in [1.82, 2.24) is 15.1 Å². The molecule has 0 radical (unpaired) electrons. The molecular formula is C13H18N4OS3. The number of nitrogens with one attached hydrogen (secondary N) is 1. The Labute approximate surface area is 136 Å². The Morgan fingerprint density at radius 2 is 2.33 bits per heavy atom. The van der Waals surface area contributed by atoms with Gasteiger partial charge in [0, 0.05) is 36.1 Å². The van der Waals surface area contributed by atoms with E-state index < -0.39 is 0 Å². The van der Waals surface area contributed by atoms with Crippen molar-refractivity contribution < 1.29 is 4.79 Å². The number of fused-ring (bicyclic) bond motifs is 1. The standard InChI is InChI=1S/C13H18N4OS3/c1-7-9-10(14)11(21-13(9)17(2)16-7)12(18)15-5-8-6-19-3-4-20-8/h8H,3-6,14H2,1-2H3,(H,15,18). The summed E-state index contributed by atoms with van der Waals surface area (Å²) in [6, 6.07) is 0. The summed E-state index contributed by atoms with van der Waals surface area (Å²) in [7, 11) is 1.88. The van der Waals surface area contributed by atoms with E-state index in [0.717, 1.165) is 21.7 Å². The van der Waals surface area contributed by atoms with Crippen LogP contribution in [0.25, 0.3) is 10.2 Å². The van der Waals surface area contributed by atoms with E-state index in [1.165, 1.54) is 22.8 Å². The molecule has 1 atom stereocenters. The van der Waals surface area contributed by atoms with Gasteiger partial charge in [0.1, 0.15) is 9.71 Å². The summed E-state index contributed by atoms with van der Waals surface area (Å²) in [6.07, 6.45) is 0. The van der Waals surface area contributed by atoms with E-state index in [1.54, 1.807) is 4.68 Å². The van der Waals surface area contributed by atoms with Crippen molar-refractivity contribution in [3.8, 4) is 0 Å². The van der Waals surface area contributed by atoms with Crippen LogP contribution >= 0.6 is 34.9 Å². The molecule has 3 heterocycles. The Balaban J connectivity index is 1.75. The number of nitrogens with zero attached hydrogens (tertiary/aromatic N) is 2. The van der Waals surface area contributed by atoms with Gasteiger partial charge in [0.25, 0.3) is 5.91 Å². The van der Waals surface area contributed by atoms with Crippen LogP contribution in [0.4, 0.5) is 5.69 Å². The molecule has 1 saturated heterocycles. The lowest BCUT2D eigenvalue weighted by molar-refractivity contribution is 0.0959. The number of anilines is 1. The molecule has 1 amide bonds.